The van der Waals surface area contributed by atoms with Crippen molar-refractivity contribution in [1.29, 1.82) is 0 Å². The zero-order valence-corrected chi connectivity index (χ0v) is 12.5. The highest BCUT2D eigenvalue weighted by molar-refractivity contribution is 5.34. The monoisotopic (exact) mass is 292 g/mol. The van der Waals surface area contributed by atoms with Crippen LogP contribution >= 0.6 is 0 Å². The van der Waals surface area contributed by atoms with Crippen molar-refractivity contribution in [3.8, 4) is 0 Å². The van der Waals surface area contributed by atoms with Crippen molar-refractivity contribution in [3.05, 3.63) is 17.5 Å². The Labute approximate surface area is 125 Å². The van der Waals surface area contributed by atoms with Crippen LogP contribution in [0.5, 0.6) is 0 Å². The number of nitrogens with zero attached hydrogens (tertiary/aromatic N) is 4. The van der Waals surface area contributed by atoms with Gasteiger partial charge in [-0.2, -0.15) is 0 Å². The second-order valence-electron chi connectivity index (χ2n) is 5.70. The van der Waals surface area contributed by atoms with Gasteiger partial charge >= 0.3 is 0 Å². The topological polar surface area (TPSA) is 61.7 Å². The molecule has 116 valence electrons. The number of piperazine rings is 1. The van der Waals surface area contributed by atoms with Gasteiger partial charge in [-0.25, -0.2) is 9.97 Å². The van der Waals surface area contributed by atoms with Crippen LogP contribution in [0, 0.1) is 0 Å². The first-order valence-corrected chi connectivity index (χ1v) is 7.87. The predicted molar refractivity (Wildman–Crippen MR) is 80.4 cm³/mol. The Balaban J connectivity index is 1.54. The Morgan fingerprint density at radius 3 is 2.86 bits per heavy atom. The predicted octanol–water partition coefficient (Wildman–Crippen LogP) is 0.444. The molecule has 3 rings (SSSR count). The van der Waals surface area contributed by atoms with Crippen molar-refractivity contribution in [2.75, 3.05) is 50.8 Å². The minimum Gasteiger partial charge on any atom is -0.396 e. The number of anilines is 1. The van der Waals surface area contributed by atoms with Crippen LogP contribution in [0.3, 0.4) is 0 Å². The number of hydrogen-bond acceptors (Lipinski definition) is 6. The Morgan fingerprint density at radius 2 is 2.05 bits per heavy atom. The van der Waals surface area contributed by atoms with E-state index in [-0.39, 0.29) is 0 Å². The fourth-order valence-electron chi connectivity index (χ4n) is 2.89. The first kappa shape index (κ1) is 14.7. The molecule has 0 bridgehead atoms. The molecule has 6 heteroatoms. The molecule has 2 aliphatic rings. The van der Waals surface area contributed by atoms with E-state index in [9.17, 15) is 0 Å². The number of aliphatic hydroxyl groups is 1. The maximum absolute atomic E-state index is 8.83. The Hall–Kier alpha value is -1.24. The summed E-state index contributed by atoms with van der Waals surface area (Å²) in [5.41, 5.74) is 2.28. The van der Waals surface area contributed by atoms with Gasteiger partial charge in [0.05, 0.1) is 18.9 Å². The van der Waals surface area contributed by atoms with Gasteiger partial charge in [-0.1, -0.05) is 0 Å². The van der Waals surface area contributed by atoms with E-state index in [4.69, 9.17) is 14.8 Å². The van der Waals surface area contributed by atoms with Gasteiger partial charge in [-0.15, -0.1) is 0 Å². The Kier molecular flexibility index (Phi) is 5.00. The standard InChI is InChI=1S/C15H24N4O2/c20-9-2-1-4-18-5-7-19(8-6-18)15-16-11-13-12-21-10-3-14(13)17-15/h11,20H,1-10,12H2. The molecule has 3 heterocycles. The first-order chi connectivity index (χ1) is 10.4. The second kappa shape index (κ2) is 7.15. The van der Waals surface area contributed by atoms with Crippen molar-refractivity contribution in [1.82, 2.24) is 14.9 Å². The lowest BCUT2D eigenvalue weighted by Crippen LogP contribution is -2.47. The van der Waals surface area contributed by atoms with E-state index in [0.717, 1.165) is 75.8 Å². The van der Waals surface area contributed by atoms with Crippen LogP contribution in [0.4, 0.5) is 5.95 Å². The van der Waals surface area contributed by atoms with Crippen molar-refractivity contribution >= 4 is 5.95 Å². The maximum atomic E-state index is 8.83. The summed E-state index contributed by atoms with van der Waals surface area (Å²) in [4.78, 5) is 14.0. The van der Waals surface area contributed by atoms with E-state index >= 15 is 0 Å². The quantitative estimate of drug-likeness (QED) is 0.795. The van der Waals surface area contributed by atoms with E-state index in [1.54, 1.807) is 0 Å². The number of ether oxygens (including phenoxy) is 1. The molecule has 2 aliphatic heterocycles. The highest BCUT2D eigenvalue weighted by atomic mass is 16.5. The highest BCUT2D eigenvalue weighted by Crippen LogP contribution is 2.18. The zero-order valence-electron chi connectivity index (χ0n) is 12.5. The van der Waals surface area contributed by atoms with Gasteiger partial charge in [-0.3, -0.25) is 4.90 Å². The summed E-state index contributed by atoms with van der Waals surface area (Å²) >= 11 is 0. The minimum atomic E-state index is 0.298. The molecule has 1 N–H and O–H groups in total. The van der Waals surface area contributed by atoms with Gasteiger partial charge in [-0.05, 0) is 19.4 Å². The van der Waals surface area contributed by atoms with Gasteiger partial charge in [0.1, 0.15) is 0 Å². The van der Waals surface area contributed by atoms with Crippen LogP contribution in [-0.4, -0.2) is 65.9 Å². The zero-order chi connectivity index (χ0) is 14.5. The highest BCUT2D eigenvalue weighted by Gasteiger charge is 2.20. The van der Waals surface area contributed by atoms with E-state index in [2.05, 4.69) is 14.8 Å². The molecule has 1 fully saturated rings. The molecule has 0 saturated carbocycles. The third-order valence-electron chi connectivity index (χ3n) is 4.22. The summed E-state index contributed by atoms with van der Waals surface area (Å²) in [5, 5.41) is 8.83. The summed E-state index contributed by atoms with van der Waals surface area (Å²) in [6.45, 7) is 6.85. The molecular formula is C15H24N4O2. The average molecular weight is 292 g/mol. The summed E-state index contributed by atoms with van der Waals surface area (Å²) in [7, 11) is 0. The van der Waals surface area contributed by atoms with Crippen LogP contribution in [0.15, 0.2) is 6.20 Å². The summed E-state index contributed by atoms with van der Waals surface area (Å²) in [5.74, 6) is 0.866. The van der Waals surface area contributed by atoms with E-state index < -0.39 is 0 Å². The van der Waals surface area contributed by atoms with Crippen LogP contribution < -0.4 is 4.90 Å². The minimum absolute atomic E-state index is 0.298. The number of aromatic nitrogens is 2. The molecule has 1 aromatic rings. The number of fused-ring (bicyclic) bond motifs is 1. The lowest BCUT2D eigenvalue weighted by molar-refractivity contribution is 0.109. The van der Waals surface area contributed by atoms with Gasteiger partial charge in [0.15, 0.2) is 0 Å². The maximum Gasteiger partial charge on any atom is 0.225 e. The number of hydrogen-bond donors (Lipinski definition) is 1. The molecule has 0 unspecified atom stereocenters. The summed E-state index contributed by atoms with van der Waals surface area (Å²) in [6, 6.07) is 0. The first-order valence-electron chi connectivity index (χ1n) is 7.87. The average Bonchev–Trinajstić information content (AvgIpc) is 2.55. The molecule has 0 radical (unpaired) electrons. The fraction of sp³-hybridized carbons (Fsp3) is 0.733. The Morgan fingerprint density at radius 1 is 1.19 bits per heavy atom. The molecule has 0 spiro atoms. The van der Waals surface area contributed by atoms with E-state index in [1.165, 1.54) is 0 Å². The van der Waals surface area contributed by atoms with Crippen LogP contribution in [0.1, 0.15) is 24.1 Å². The molecule has 0 aliphatic carbocycles. The Bertz CT molecular complexity index is 461. The lowest BCUT2D eigenvalue weighted by atomic mass is 10.1. The van der Waals surface area contributed by atoms with Crippen molar-refractivity contribution in [2.24, 2.45) is 0 Å². The molecule has 0 amide bonds. The van der Waals surface area contributed by atoms with E-state index in [0.29, 0.717) is 13.2 Å². The summed E-state index contributed by atoms with van der Waals surface area (Å²) in [6.07, 6.45) is 4.79. The van der Waals surface area contributed by atoms with Gasteiger partial charge in [0.25, 0.3) is 0 Å². The van der Waals surface area contributed by atoms with Crippen molar-refractivity contribution < 1.29 is 9.84 Å². The fourth-order valence-corrected chi connectivity index (χ4v) is 2.89. The third kappa shape index (κ3) is 3.70. The van der Waals surface area contributed by atoms with Crippen molar-refractivity contribution in [2.45, 2.75) is 25.9 Å². The van der Waals surface area contributed by atoms with E-state index in [1.807, 2.05) is 6.20 Å². The van der Waals surface area contributed by atoms with Crippen molar-refractivity contribution in [3.63, 3.8) is 0 Å². The van der Waals surface area contributed by atoms with Crippen LogP contribution in [-0.2, 0) is 17.8 Å². The number of unbranched alkanes of at least 4 members (excludes halogenated alkanes) is 1. The van der Waals surface area contributed by atoms with Gasteiger partial charge in [0.2, 0.25) is 5.95 Å². The molecule has 6 nitrogen and oxygen atoms in total. The normalized spacial score (nSPS) is 19.6. The second-order valence-corrected chi connectivity index (χ2v) is 5.70. The van der Waals surface area contributed by atoms with Gasteiger partial charge in [0, 0.05) is 51.0 Å². The number of rotatable bonds is 5. The van der Waals surface area contributed by atoms with Crippen LogP contribution in [0.2, 0.25) is 0 Å². The molecular weight excluding hydrogens is 268 g/mol. The molecule has 0 aromatic carbocycles. The summed E-state index contributed by atoms with van der Waals surface area (Å²) < 4.78 is 5.42. The molecule has 0 atom stereocenters. The molecule has 1 saturated heterocycles. The third-order valence-corrected chi connectivity index (χ3v) is 4.22. The van der Waals surface area contributed by atoms with Gasteiger partial charge < -0.3 is 14.7 Å². The largest absolute Gasteiger partial charge is 0.396 e. The number of aliphatic hydroxyl groups excluding tert-OH is 1. The lowest BCUT2D eigenvalue weighted by Gasteiger charge is -2.35. The molecule has 21 heavy (non-hydrogen) atoms. The SMILES string of the molecule is OCCCCN1CCN(c2ncc3c(n2)CCOC3)CC1. The smallest absolute Gasteiger partial charge is 0.225 e. The van der Waals surface area contributed by atoms with Crippen LogP contribution in [0.25, 0.3) is 0 Å². The molecule has 1 aromatic heterocycles.